The van der Waals surface area contributed by atoms with Crippen LogP contribution in [0.15, 0.2) is 6.07 Å². The molecule has 1 amide bonds. The Morgan fingerprint density at radius 3 is 2.71 bits per heavy atom. The number of H-pyrrole nitrogens is 1. The number of likely N-dealkylation sites (tertiary alicyclic amines) is 1. The van der Waals surface area contributed by atoms with Gasteiger partial charge in [-0.3, -0.25) is 14.7 Å². The van der Waals surface area contributed by atoms with Crippen LogP contribution in [0.3, 0.4) is 0 Å². The number of nitrogens with one attached hydrogen (secondary N) is 1. The zero-order valence-electron chi connectivity index (χ0n) is 9.80. The lowest BCUT2D eigenvalue weighted by atomic mass is 9.87. The average molecular weight is 237 g/mol. The number of aromatic nitrogens is 2. The fourth-order valence-electron chi connectivity index (χ4n) is 1.89. The molecule has 1 aliphatic heterocycles. The van der Waals surface area contributed by atoms with Crippen LogP contribution < -0.4 is 0 Å². The molecule has 0 saturated carbocycles. The van der Waals surface area contributed by atoms with Crippen LogP contribution in [-0.2, 0) is 4.79 Å². The topological polar surface area (TPSA) is 86.3 Å². The van der Waals surface area contributed by atoms with Crippen molar-refractivity contribution in [1.82, 2.24) is 15.1 Å². The molecule has 6 heteroatoms. The van der Waals surface area contributed by atoms with Gasteiger partial charge in [0.1, 0.15) is 5.69 Å². The molecule has 2 heterocycles. The monoisotopic (exact) mass is 237 g/mol. The molecule has 1 aromatic rings. The van der Waals surface area contributed by atoms with Gasteiger partial charge in [-0.05, 0) is 13.0 Å². The molecular weight excluding hydrogens is 222 g/mol. The van der Waals surface area contributed by atoms with Gasteiger partial charge in [0.05, 0.1) is 5.92 Å². The van der Waals surface area contributed by atoms with Crippen molar-refractivity contribution in [3.05, 3.63) is 17.5 Å². The highest BCUT2D eigenvalue weighted by Gasteiger charge is 2.37. The smallest absolute Gasteiger partial charge is 0.306 e. The van der Waals surface area contributed by atoms with E-state index in [4.69, 9.17) is 5.11 Å². The molecule has 1 saturated heterocycles. The van der Waals surface area contributed by atoms with E-state index in [0.29, 0.717) is 18.8 Å². The van der Waals surface area contributed by atoms with E-state index in [-0.39, 0.29) is 11.8 Å². The second-order valence-corrected chi connectivity index (χ2v) is 4.53. The first kappa shape index (κ1) is 11.6. The van der Waals surface area contributed by atoms with E-state index >= 15 is 0 Å². The van der Waals surface area contributed by atoms with Gasteiger partial charge in [0.15, 0.2) is 0 Å². The molecule has 1 aliphatic rings. The van der Waals surface area contributed by atoms with Crippen LogP contribution in [0.4, 0.5) is 0 Å². The minimum absolute atomic E-state index is 0.0523. The van der Waals surface area contributed by atoms with E-state index < -0.39 is 11.9 Å². The summed E-state index contributed by atoms with van der Waals surface area (Å²) in [7, 11) is 0. The summed E-state index contributed by atoms with van der Waals surface area (Å²) < 4.78 is 0. The van der Waals surface area contributed by atoms with Crippen LogP contribution in [0.1, 0.15) is 23.1 Å². The normalized spacial score (nSPS) is 17.6. The molecule has 0 aliphatic carbocycles. The first-order valence-electron chi connectivity index (χ1n) is 5.53. The van der Waals surface area contributed by atoms with Gasteiger partial charge in [0.25, 0.3) is 5.91 Å². The maximum absolute atomic E-state index is 11.9. The molecule has 1 aromatic heterocycles. The molecule has 6 nitrogen and oxygen atoms in total. The Morgan fingerprint density at radius 2 is 2.24 bits per heavy atom. The number of carboxylic acid groups (broad SMARTS) is 1. The van der Waals surface area contributed by atoms with Gasteiger partial charge in [-0.25, -0.2) is 0 Å². The predicted octanol–water partition coefficient (Wildman–Crippen LogP) is 0.511. The van der Waals surface area contributed by atoms with E-state index in [9.17, 15) is 9.59 Å². The van der Waals surface area contributed by atoms with Crippen molar-refractivity contribution < 1.29 is 14.7 Å². The fourth-order valence-corrected chi connectivity index (χ4v) is 1.89. The lowest BCUT2D eigenvalue weighted by Gasteiger charge is -2.40. The van der Waals surface area contributed by atoms with Gasteiger partial charge in [-0.15, -0.1) is 0 Å². The molecule has 17 heavy (non-hydrogen) atoms. The van der Waals surface area contributed by atoms with Gasteiger partial charge in [0.2, 0.25) is 0 Å². The van der Waals surface area contributed by atoms with Crippen molar-refractivity contribution in [3.8, 4) is 0 Å². The van der Waals surface area contributed by atoms with Crippen LogP contribution >= 0.6 is 0 Å². The second kappa shape index (κ2) is 4.20. The Kier molecular flexibility index (Phi) is 2.87. The van der Waals surface area contributed by atoms with E-state index in [1.807, 2.05) is 6.92 Å². The van der Waals surface area contributed by atoms with Crippen LogP contribution in [0.2, 0.25) is 0 Å². The second-order valence-electron chi connectivity index (χ2n) is 4.53. The zero-order valence-corrected chi connectivity index (χ0v) is 9.80. The Morgan fingerprint density at radius 1 is 1.59 bits per heavy atom. The van der Waals surface area contributed by atoms with Crippen LogP contribution in [0.25, 0.3) is 0 Å². The number of nitrogens with zero attached hydrogens (tertiary/aromatic N) is 2. The largest absolute Gasteiger partial charge is 0.481 e. The summed E-state index contributed by atoms with van der Waals surface area (Å²) in [6.45, 7) is 4.50. The van der Waals surface area contributed by atoms with Gasteiger partial charge in [-0.1, -0.05) is 6.92 Å². The Hall–Kier alpha value is -1.85. The number of aromatic amines is 1. The van der Waals surface area contributed by atoms with Crippen LogP contribution in [-0.4, -0.2) is 45.2 Å². The van der Waals surface area contributed by atoms with Crippen molar-refractivity contribution in [2.45, 2.75) is 13.8 Å². The van der Waals surface area contributed by atoms with Crippen LogP contribution in [0.5, 0.6) is 0 Å². The van der Waals surface area contributed by atoms with Crippen molar-refractivity contribution in [3.63, 3.8) is 0 Å². The molecule has 0 bridgehead atoms. The zero-order chi connectivity index (χ0) is 12.6. The maximum atomic E-state index is 11.9. The van der Waals surface area contributed by atoms with Gasteiger partial charge < -0.3 is 10.0 Å². The minimum atomic E-state index is -0.808. The predicted molar refractivity (Wildman–Crippen MR) is 59.5 cm³/mol. The number of hydrogen-bond donors (Lipinski definition) is 2. The number of carbonyl (C=O) groups is 2. The molecule has 2 N–H and O–H groups in total. The fraction of sp³-hybridized carbons (Fsp3) is 0.545. The van der Waals surface area contributed by atoms with Crippen molar-refractivity contribution in [2.75, 3.05) is 13.1 Å². The highest BCUT2D eigenvalue weighted by atomic mass is 16.4. The van der Waals surface area contributed by atoms with Crippen LogP contribution in [0, 0.1) is 18.8 Å². The third-order valence-electron chi connectivity index (χ3n) is 3.22. The number of hydrogen-bond acceptors (Lipinski definition) is 3. The summed E-state index contributed by atoms with van der Waals surface area (Å²) in [5.74, 6) is -1.29. The minimum Gasteiger partial charge on any atom is -0.481 e. The average Bonchev–Trinajstić information content (AvgIpc) is 2.62. The molecule has 1 atom stereocenters. The molecule has 0 aromatic carbocycles. The van der Waals surface area contributed by atoms with E-state index in [0.717, 1.165) is 5.69 Å². The first-order chi connectivity index (χ1) is 7.99. The number of amides is 1. The molecular formula is C11H15N3O3. The Labute approximate surface area is 98.6 Å². The molecule has 0 radical (unpaired) electrons. The van der Waals surface area contributed by atoms with Gasteiger partial charge >= 0.3 is 5.97 Å². The summed E-state index contributed by atoms with van der Waals surface area (Å²) in [6.07, 6.45) is 0. The summed E-state index contributed by atoms with van der Waals surface area (Å²) in [5.41, 5.74) is 1.23. The SMILES string of the molecule is Cc1cc(C(=O)N2CC(C(C)C(=O)O)C2)n[nH]1. The highest BCUT2D eigenvalue weighted by Crippen LogP contribution is 2.25. The highest BCUT2D eigenvalue weighted by molar-refractivity contribution is 5.93. The number of rotatable bonds is 3. The maximum Gasteiger partial charge on any atom is 0.306 e. The standard InChI is InChI=1S/C11H15N3O3/c1-6-3-9(13-12-6)10(15)14-4-8(5-14)7(2)11(16)17/h3,7-8H,4-5H2,1-2H3,(H,12,13)(H,16,17). The van der Waals surface area contributed by atoms with Gasteiger partial charge in [0, 0.05) is 24.7 Å². The Balaban J connectivity index is 1.92. The number of carboxylic acids is 1. The van der Waals surface area contributed by atoms with Gasteiger partial charge in [-0.2, -0.15) is 5.10 Å². The van der Waals surface area contributed by atoms with E-state index in [1.54, 1.807) is 17.9 Å². The third-order valence-corrected chi connectivity index (χ3v) is 3.22. The molecule has 1 unspecified atom stereocenters. The molecule has 2 rings (SSSR count). The Bertz CT molecular complexity index is 449. The molecule has 92 valence electrons. The molecule has 0 spiro atoms. The number of aliphatic carboxylic acids is 1. The first-order valence-corrected chi connectivity index (χ1v) is 5.53. The third kappa shape index (κ3) is 2.15. The van der Waals surface area contributed by atoms with Crippen molar-refractivity contribution in [1.29, 1.82) is 0 Å². The van der Waals surface area contributed by atoms with E-state index in [1.165, 1.54) is 0 Å². The number of aryl methyl sites for hydroxylation is 1. The summed E-state index contributed by atoms with van der Waals surface area (Å²) in [4.78, 5) is 24.3. The summed E-state index contributed by atoms with van der Waals surface area (Å²) in [6, 6.07) is 1.69. The van der Waals surface area contributed by atoms with Crippen molar-refractivity contribution >= 4 is 11.9 Å². The lowest BCUT2D eigenvalue weighted by Crippen LogP contribution is -2.53. The van der Waals surface area contributed by atoms with E-state index in [2.05, 4.69) is 10.2 Å². The summed E-state index contributed by atoms with van der Waals surface area (Å²) in [5, 5.41) is 15.4. The lowest BCUT2D eigenvalue weighted by molar-refractivity contribution is -0.144. The number of carbonyl (C=O) groups excluding carboxylic acids is 1. The quantitative estimate of drug-likeness (QED) is 0.802. The summed E-state index contributed by atoms with van der Waals surface area (Å²) >= 11 is 0. The molecule has 1 fully saturated rings. The van der Waals surface area contributed by atoms with Crippen molar-refractivity contribution in [2.24, 2.45) is 11.8 Å².